The first-order valence-corrected chi connectivity index (χ1v) is 6.81. The van der Waals surface area contributed by atoms with Gasteiger partial charge in [0.25, 0.3) is 0 Å². The zero-order chi connectivity index (χ0) is 12.3. The number of halogens is 1. The summed E-state index contributed by atoms with van der Waals surface area (Å²) in [5.74, 6) is 0.957. The van der Waals surface area contributed by atoms with Gasteiger partial charge in [-0.3, -0.25) is 0 Å². The predicted molar refractivity (Wildman–Crippen MR) is 67.9 cm³/mol. The first kappa shape index (κ1) is 11.6. The van der Waals surface area contributed by atoms with E-state index in [1.165, 1.54) is 19.3 Å². The molecule has 0 aromatic rings. The van der Waals surface area contributed by atoms with Gasteiger partial charge < -0.3 is 9.84 Å². The summed E-state index contributed by atoms with van der Waals surface area (Å²) in [6, 6.07) is 0. The van der Waals surface area contributed by atoms with Crippen molar-refractivity contribution in [3.8, 4) is 0 Å². The number of aliphatic hydroxyl groups excluding tert-OH is 1. The van der Waals surface area contributed by atoms with E-state index < -0.39 is 11.0 Å². The van der Waals surface area contributed by atoms with E-state index in [4.69, 9.17) is 16.3 Å². The first-order valence-electron chi connectivity index (χ1n) is 6.43. The molecule has 0 aromatic carbocycles. The second kappa shape index (κ2) is 3.52. The SMILES string of the molecule is CC1=C2OC3(CCC3)CCC2=CC(O)C1(C)Cl. The monoisotopic (exact) mass is 254 g/mol. The molecule has 2 fully saturated rings. The van der Waals surface area contributed by atoms with Crippen LogP contribution in [0.1, 0.15) is 46.0 Å². The number of hydrogen-bond donors (Lipinski definition) is 1. The summed E-state index contributed by atoms with van der Waals surface area (Å²) in [6.45, 7) is 3.84. The molecule has 0 amide bonds. The second-order valence-electron chi connectivity index (χ2n) is 5.81. The van der Waals surface area contributed by atoms with Gasteiger partial charge in [-0.2, -0.15) is 0 Å². The Kier molecular flexibility index (Phi) is 2.40. The molecular weight excluding hydrogens is 236 g/mol. The normalized spacial score (nSPS) is 39.3. The summed E-state index contributed by atoms with van der Waals surface area (Å²) in [7, 11) is 0. The maximum atomic E-state index is 10.0. The number of rotatable bonds is 0. The number of ether oxygens (including phenoxy) is 1. The minimum atomic E-state index is -0.721. The lowest BCUT2D eigenvalue weighted by Gasteiger charge is -2.49. The Balaban J connectivity index is 1.98. The van der Waals surface area contributed by atoms with Crippen LogP contribution in [-0.4, -0.2) is 21.7 Å². The van der Waals surface area contributed by atoms with E-state index in [-0.39, 0.29) is 5.60 Å². The Bertz CT molecular complexity index is 416. The molecule has 3 rings (SSSR count). The second-order valence-corrected chi connectivity index (χ2v) is 6.59. The molecule has 1 spiro atoms. The highest BCUT2D eigenvalue weighted by Crippen LogP contribution is 2.51. The molecule has 1 heterocycles. The van der Waals surface area contributed by atoms with Crippen LogP contribution in [0.25, 0.3) is 0 Å². The minimum absolute atomic E-state index is 0.0865. The molecule has 0 bridgehead atoms. The quantitative estimate of drug-likeness (QED) is 0.672. The highest BCUT2D eigenvalue weighted by atomic mass is 35.5. The van der Waals surface area contributed by atoms with Gasteiger partial charge in [0.1, 0.15) is 11.4 Å². The molecule has 94 valence electrons. The number of alkyl halides is 1. The molecule has 0 aromatic heterocycles. The summed E-state index contributed by atoms with van der Waals surface area (Å²) in [5, 5.41) is 10.0. The molecule has 3 aliphatic rings. The Hall–Kier alpha value is -0.470. The zero-order valence-corrected chi connectivity index (χ0v) is 11.2. The molecule has 17 heavy (non-hydrogen) atoms. The summed E-state index contributed by atoms with van der Waals surface area (Å²) in [5.41, 5.74) is 2.21. The van der Waals surface area contributed by atoms with Crippen LogP contribution in [0.2, 0.25) is 0 Å². The van der Waals surface area contributed by atoms with Gasteiger partial charge in [-0.05, 0) is 63.2 Å². The van der Waals surface area contributed by atoms with Gasteiger partial charge in [-0.1, -0.05) is 0 Å². The van der Waals surface area contributed by atoms with Gasteiger partial charge >= 0.3 is 0 Å². The van der Waals surface area contributed by atoms with Crippen molar-refractivity contribution in [2.45, 2.75) is 62.5 Å². The Morgan fingerprint density at radius 1 is 1.41 bits per heavy atom. The minimum Gasteiger partial charge on any atom is -0.487 e. The van der Waals surface area contributed by atoms with Crippen molar-refractivity contribution in [3.63, 3.8) is 0 Å². The van der Waals surface area contributed by atoms with Gasteiger partial charge in [-0.15, -0.1) is 11.6 Å². The van der Waals surface area contributed by atoms with Gasteiger partial charge in [0.2, 0.25) is 0 Å². The number of aliphatic hydroxyl groups is 1. The van der Waals surface area contributed by atoms with E-state index in [1.54, 1.807) is 0 Å². The number of fused-ring (bicyclic) bond motifs is 1. The topological polar surface area (TPSA) is 29.5 Å². The number of hydrogen-bond acceptors (Lipinski definition) is 2. The molecule has 1 aliphatic heterocycles. The van der Waals surface area contributed by atoms with Crippen molar-refractivity contribution in [3.05, 3.63) is 23.0 Å². The van der Waals surface area contributed by atoms with E-state index in [1.807, 2.05) is 19.9 Å². The maximum Gasteiger partial charge on any atom is 0.123 e. The third kappa shape index (κ3) is 1.57. The average Bonchev–Trinajstić information content (AvgIpc) is 2.25. The van der Waals surface area contributed by atoms with Crippen LogP contribution < -0.4 is 0 Å². The molecule has 3 heteroatoms. The highest BCUT2D eigenvalue weighted by Gasteiger charge is 2.47. The third-order valence-corrected chi connectivity index (χ3v) is 5.22. The molecule has 2 aliphatic carbocycles. The fourth-order valence-electron chi connectivity index (χ4n) is 3.00. The van der Waals surface area contributed by atoms with E-state index >= 15 is 0 Å². The van der Waals surface area contributed by atoms with Crippen molar-refractivity contribution in [2.75, 3.05) is 0 Å². The van der Waals surface area contributed by atoms with Crippen LogP contribution in [-0.2, 0) is 4.74 Å². The van der Waals surface area contributed by atoms with Gasteiger partial charge in [0.05, 0.1) is 11.0 Å². The summed E-state index contributed by atoms with van der Waals surface area (Å²) >= 11 is 6.41. The van der Waals surface area contributed by atoms with Crippen LogP contribution in [0.3, 0.4) is 0 Å². The fraction of sp³-hybridized carbons (Fsp3) is 0.714. The molecule has 1 N–H and O–H groups in total. The third-order valence-electron chi connectivity index (χ3n) is 4.71. The molecule has 0 radical (unpaired) electrons. The first-order chi connectivity index (χ1) is 7.95. The van der Waals surface area contributed by atoms with E-state index in [9.17, 15) is 5.11 Å². The van der Waals surface area contributed by atoms with Crippen LogP contribution >= 0.6 is 11.6 Å². The lowest BCUT2D eigenvalue weighted by Crippen LogP contribution is -2.46. The van der Waals surface area contributed by atoms with Crippen LogP contribution in [0.15, 0.2) is 23.0 Å². The van der Waals surface area contributed by atoms with E-state index in [0.29, 0.717) is 0 Å². The molecule has 2 atom stereocenters. The molecule has 2 nitrogen and oxygen atoms in total. The van der Waals surface area contributed by atoms with E-state index in [2.05, 4.69) is 0 Å². The predicted octanol–water partition coefficient (Wildman–Crippen LogP) is 3.29. The van der Waals surface area contributed by atoms with Gasteiger partial charge in [0, 0.05) is 0 Å². The van der Waals surface area contributed by atoms with Gasteiger partial charge in [0.15, 0.2) is 0 Å². The summed E-state index contributed by atoms with van der Waals surface area (Å²) < 4.78 is 6.23. The maximum absolute atomic E-state index is 10.0. The van der Waals surface area contributed by atoms with Crippen molar-refractivity contribution in [1.29, 1.82) is 0 Å². The van der Waals surface area contributed by atoms with E-state index in [0.717, 1.165) is 29.7 Å². The van der Waals surface area contributed by atoms with Crippen LogP contribution in [0.5, 0.6) is 0 Å². The summed E-state index contributed by atoms with van der Waals surface area (Å²) in [4.78, 5) is -0.721. The molecular formula is C14H19ClO2. The molecule has 1 saturated heterocycles. The average molecular weight is 255 g/mol. The van der Waals surface area contributed by atoms with Crippen molar-refractivity contribution in [1.82, 2.24) is 0 Å². The standard InChI is InChI=1S/C14H19ClO2/c1-9-12-10(8-11(16)13(9,2)15)4-7-14(17-12)5-3-6-14/h8,11,16H,3-7H2,1-2H3. The lowest BCUT2D eigenvalue weighted by atomic mass is 9.72. The lowest BCUT2D eigenvalue weighted by molar-refractivity contribution is -0.0802. The van der Waals surface area contributed by atoms with Crippen molar-refractivity contribution < 1.29 is 9.84 Å². The largest absolute Gasteiger partial charge is 0.487 e. The van der Waals surface area contributed by atoms with Crippen molar-refractivity contribution >= 4 is 11.6 Å². The summed E-state index contributed by atoms with van der Waals surface area (Å²) in [6.07, 6.45) is 6.96. The van der Waals surface area contributed by atoms with Gasteiger partial charge in [-0.25, -0.2) is 0 Å². The Morgan fingerprint density at radius 2 is 2.12 bits per heavy atom. The van der Waals surface area contributed by atoms with Crippen molar-refractivity contribution in [2.24, 2.45) is 0 Å². The molecule has 1 saturated carbocycles. The zero-order valence-electron chi connectivity index (χ0n) is 10.4. The molecule has 2 unspecified atom stereocenters. The fourth-order valence-corrected chi connectivity index (χ4v) is 3.15. The Morgan fingerprint density at radius 3 is 2.71 bits per heavy atom. The van der Waals surface area contributed by atoms with Crippen LogP contribution in [0, 0.1) is 0 Å². The van der Waals surface area contributed by atoms with Crippen LogP contribution in [0.4, 0.5) is 0 Å². The number of allylic oxidation sites excluding steroid dienone is 1. The highest BCUT2D eigenvalue weighted by molar-refractivity contribution is 6.26. The smallest absolute Gasteiger partial charge is 0.123 e. The Labute approximate surface area is 107 Å².